The second kappa shape index (κ2) is 5.73. The number of fused-ring (bicyclic) bond motifs is 2. The lowest BCUT2D eigenvalue weighted by molar-refractivity contribution is -0.158. The van der Waals surface area contributed by atoms with Crippen LogP contribution in [0.1, 0.15) is 45.1 Å². The van der Waals surface area contributed by atoms with Crippen LogP contribution >= 0.6 is 0 Å². The molecule has 0 aromatic heterocycles. The minimum atomic E-state index is -3.07. The summed E-state index contributed by atoms with van der Waals surface area (Å²) in [7, 11) is -3.07. The summed E-state index contributed by atoms with van der Waals surface area (Å²) in [5.74, 6) is 0.735. The van der Waals surface area contributed by atoms with Crippen LogP contribution in [0.5, 0.6) is 0 Å². The summed E-state index contributed by atoms with van der Waals surface area (Å²) in [5, 5.41) is 3.39. The van der Waals surface area contributed by atoms with Gasteiger partial charge in [0.1, 0.15) is 0 Å². The Hall–Kier alpha value is -1.07. The van der Waals surface area contributed by atoms with Crippen molar-refractivity contribution in [2.75, 3.05) is 11.9 Å². The molecule has 1 aliphatic heterocycles. The van der Waals surface area contributed by atoms with Gasteiger partial charge in [0.15, 0.2) is 9.84 Å². The van der Waals surface area contributed by atoms with Gasteiger partial charge in [0, 0.05) is 29.7 Å². The van der Waals surface area contributed by atoms with Crippen LogP contribution in [0.25, 0.3) is 0 Å². The zero-order chi connectivity index (χ0) is 16.9. The van der Waals surface area contributed by atoms with E-state index in [1.165, 1.54) is 19.3 Å². The normalized spacial score (nSPS) is 30.7. The second-order valence-electron chi connectivity index (χ2n) is 8.01. The highest BCUT2D eigenvalue weighted by Gasteiger charge is 2.66. The first-order valence-corrected chi connectivity index (χ1v) is 10.8. The van der Waals surface area contributed by atoms with Crippen LogP contribution in [0.3, 0.4) is 0 Å². The lowest BCUT2D eigenvalue weighted by Gasteiger charge is -2.63. The molecule has 4 rings (SSSR count). The van der Waals surface area contributed by atoms with E-state index in [1.54, 1.807) is 13.8 Å². The van der Waals surface area contributed by atoms with Gasteiger partial charge in [-0.3, -0.25) is 0 Å². The van der Waals surface area contributed by atoms with E-state index in [-0.39, 0.29) is 11.0 Å². The quantitative estimate of drug-likeness (QED) is 0.885. The number of ether oxygens (including phenoxy) is 1. The Morgan fingerprint density at radius 3 is 2.79 bits per heavy atom. The molecule has 1 heterocycles. The fourth-order valence-corrected chi connectivity index (χ4v) is 5.76. The molecule has 0 bridgehead atoms. The molecule has 132 valence electrons. The minimum Gasteiger partial charge on any atom is -0.381 e. The second-order valence-corrected chi connectivity index (χ2v) is 10.6. The van der Waals surface area contributed by atoms with Gasteiger partial charge in [-0.1, -0.05) is 18.6 Å². The standard InChI is InChI=1S/C19H27NO3S/c1-13(2)24(21,22)12-14-5-3-6-15(11-14)20-17-16-7-10-23-18(16)19(17)8-4-9-19/h3,5-6,11,13,16-18,20H,4,7-10,12H2,1-2H3. The van der Waals surface area contributed by atoms with E-state index < -0.39 is 9.84 Å². The Morgan fingerprint density at radius 2 is 2.12 bits per heavy atom. The zero-order valence-electron chi connectivity index (χ0n) is 14.5. The molecule has 1 aromatic carbocycles. The lowest BCUT2D eigenvalue weighted by Crippen LogP contribution is -2.68. The Kier molecular flexibility index (Phi) is 3.92. The molecule has 2 aliphatic carbocycles. The predicted octanol–water partition coefficient (Wildman–Crippen LogP) is 3.38. The van der Waals surface area contributed by atoms with Crippen LogP contribution in [-0.2, 0) is 20.3 Å². The van der Waals surface area contributed by atoms with E-state index in [1.807, 2.05) is 18.2 Å². The first-order chi connectivity index (χ1) is 11.4. The van der Waals surface area contributed by atoms with Gasteiger partial charge < -0.3 is 10.1 Å². The Bertz CT molecular complexity index is 724. The van der Waals surface area contributed by atoms with Gasteiger partial charge in [-0.2, -0.15) is 0 Å². The Labute approximate surface area is 144 Å². The van der Waals surface area contributed by atoms with Crippen LogP contribution in [0.15, 0.2) is 24.3 Å². The van der Waals surface area contributed by atoms with E-state index >= 15 is 0 Å². The number of hydrogen-bond donors (Lipinski definition) is 1. The molecular weight excluding hydrogens is 322 g/mol. The molecule has 0 radical (unpaired) electrons. The third kappa shape index (κ3) is 2.48. The number of sulfone groups is 1. The van der Waals surface area contributed by atoms with E-state index in [2.05, 4.69) is 11.4 Å². The van der Waals surface area contributed by atoms with Crippen molar-refractivity contribution in [2.24, 2.45) is 11.3 Å². The Balaban J connectivity index is 1.50. The average molecular weight is 349 g/mol. The third-order valence-corrected chi connectivity index (χ3v) is 8.54. The molecule has 2 saturated carbocycles. The van der Waals surface area contributed by atoms with Crippen molar-refractivity contribution in [2.45, 2.75) is 62.7 Å². The molecule has 3 unspecified atom stereocenters. The largest absolute Gasteiger partial charge is 0.381 e. The molecule has 4 nitrogen and oxygen atoms in total. The summed E-state index contributed by atoms with van der Waals surface area (Å²) in [6.07, 6.45) is 5.41. The molecule has 1 aromatic rings. The molecule has 3 aliphatic rings. The number of benzene rings is 1. The summed E-state index contributed by atoms with van der Waals surface area (Å²) >= 11 is 0. The lowest BCUT2D eigenvalue weighted by atomic mass is 9.46. The van der Waals surface area contributed by atoms with Crippen molar-refractivity contribution < 1.29 is 13.2 Å². The molecular formula is C19H27NO3S. The highest BCUT2D eigenvalue weighted by molar-refractivity contribution is 7.91. The predicted molar refractivity (Wildman–Crippen MR) is 95.7 cm³/mol. The summed E-state index contributed by atoms with van der Waals surface area (Å²) < 4.78 is 30.3. The molecule has 3 atom stereocenters. The summed E-state index contributed by atoms with van der Waals surface area (Å²) in [6.45, 7) is 4.38. The van der Waals surface area contributed by atoms with Crippen LogP contribution in [-0.4, -0.2) is 32.4 Å². The monoisotopic (exact) mass is 349 g/mol. The SMILES string of the molecule is CC(C)S(=O)(=O)Cc1cccc(NC2C3CCOC3C23CCC3)c1. The van der Waals surface area contributed by atoms with Crippen molar-refractivity contribution in [3.8, 4) is 0 Å². The number of hydrogen-bond acceptors (Lipinski definition) is 4. The van der Waals surface area contributed by atoms with E-state index in [0.717, 1.165) is 24.3 Å². The molecule has 1 spiro atoms. The van der Waals surface area contributed by atoms with Crippen molar-refractivity contribution >= 4 is 15.5 Å². The highest BCUT2D eigenvalue weighted by atomic mass is 32.2. The maximum absolute atomic E-state index is 12.2. The van der Waals surface area contributed by atoms with Gasteiger partial charge in [0.05, 0.1) is 17.1 Å². The van der Waals surface area contributed by atoms with Crippen molar-refractivity contribution in [3.63, 3.8) is 0 Å². The van der Waals surface area contributed by atoms with Crippen LogP contribution in [0.2, 0.25) is 0 Å². The van der Waals surface area contributed by atoms with Crippen molar-refractivity contribution in [3.05, 3.63) is 29.8 Å². The highest BCUT2D eigenvalue weighted by Crippen LogP contribution is 2.63. The van der Waals surface area contributed by atoms with Gasteiger partial charge in [0.2, 0.25) is 0 Å². The zero-order valence-corrected chi connectivity index (χ0v) is 15.3. The molecule has 1 saturated heterocycles. The molecule has 3 fully saturated rings. The summed E-state index contributed by atoms with van der Waals surface area (Å²) in [4.78, 5) is 0. The van der Waals surface area contributed by atoms with E-state index in [9.17, 15) is 8.42 Å². The maximum atomic E-state index is 12.2. The van der Waals surface area contributed by atoms with Crippen LogP contribution < -0.4 is 5.32 Å². The number of rotatable bonds is 5. The summed E-state index contributed by atoms with van der Waals surface area (Å²) in [5.41, 5.74) is 2.25. The average Bonchev–Trinajstić information content (AvgIpc) is 2.88. The van der Waals surface area contributed by atoms with Gasteiger partial charge in [0.25, 0.3) is 0 Å². The van der Waals surface area contributed by atoms with E-state index in [4.69, 9.17) is 4.74 Å². The maximum Gasteiger partial charge on any atom is 0.156 e. The number of nitrogens with one attached hydrogen (secondary N) is 1. The van der Waals surface area contributed by atoms with Crippen LogP contribution in [0, 0.1) is 11.3 Å². The topological polar surface area (TPSA) is 55.4 Å². The fourth-order valence-electron chi connectivity index (χ4n) is 4.79. The first-order valence-electron chi connectivity index (χ1n) is 9.11. The van der Waals surface area contributed by atoms with E-state index in [0.29, 0.717) is 23.5 Å². The molecule has 24 heavy (non-hydrogen) atoms. The van der Waals surface area contributed by atoms with Gasteiger partial charge in [-0.15, -0.1) is 0 Å². The van der Waals surface area contributed by atoms with Gasteiger partial charge in [-0.05, 0) is 50.8 Å². The van der Waals surface area contributed by atoms with Crippen molar-refractivity contribution in [1.82, 2.24) is 0 Å². The van der Waals surface area contributed by atoms with Gasteiger partial charge >= 0.3 is 0 Å². The van der Waals surface area contributed by atoms with Crippen molar-refractivity contribution in [1.29, 1.82) is 0 Å². The third-order valence-electron chi connectivity index (χ3n) is 6.37. The molecule has 5 heteroatoms. The fraction of sp³-hybridized carbons (Fsp3) is 0.684. The first kappa shape index (κ1) is 16.4. The number of anilines is 1. The minimum absolute atomic E-state index is 0.116. The van der Waals surface area contributed by atoms with Crippen LogP contribution in [0.4, 0.5) is 5.69 Å². The summed E-state index contributed by atoms with van der Waals surface area (Å²) in [6, 6.07) is 8.42. The molecule has 1 N–H and O–H groups in total. The Morgan fingerprint density at radius 1 is 1.33 bits per heavy atom. The smallest absolute Gasteiger partial charge is 0.156 e. The van der Waals surface area contributed by atoms with Gasteiger partial charge in [-0.25, -0.2) is 8.42 Å². The molecule has 0 amide bonds.